The van der Waals surface area contributed by atoms with Crippen LogP contribution in [0.15, 0.2) is 91.1 Å². The van der Waals surface area contributed by atoms with Gasteiger partial charge in [0.15, 0.2) is 0 Å². The number of benzene rings is 3. The first kappa shape index (κ1) is 32.3. The number of halogens is 5. The first-order chi connectivity index (χ1) is 19.1. The molecule has 1 N–H and O–H groups in total. The molecule has 0 spiro atoms. The van der Waals surface area contributed by atoms with Gasteiger partial charge in [0.2, 0.25) is 5.00 Å². The lowest BCUT2D eigenvalue weighted by Crippen LogP contribution is -2.53. The molecule has 3 aromatic carbocycles. The zero-order chi connectivity index (χ0) is 28.8. The maximum atomic E-state index is 14.7. The number of hydrogen-bond acceptors (Lipinski definition) is 3. The Morgan fingerprint density at radius 3 is 2.27 bits per heavy atom. The Morgan fingerprint density at radius 1 is 0.976 bits per heavy atom. The largest absolute Gasteiger partial charge is 0.493 e. The number of rotatable bonds is 13. The highest BCUT2D eigenvalue weighted by Gasteiger charge is 2.58. The number of carbonyl (C=O) groups is 1. The van der Waals surface area contributed by atoms with Crippen LogP contribution in [0.3, 0.4) is 0 Å². The fourth-order valence-corrected chi connectivity index (χ4v) is 5.24. The first-order valence-electron chi connectivity index (χ1n) is 13.1. The van der Waals surface area contributed by atoms with Gasteiger partial charge in [0, 0.05) is 24.7 Å². The second-order valence-electron chi connectivity index (χ2n) is 9.83. The minimum absolute atomic E-state index is 0. The Labute approximate surface area is 248 Å². The summed E-state index contributed by atoms with van der Waals surface area (Å²) in [6.07, 6.45) is -2.10. The van der Waals surface area contributed by atoms with Crippen LogP contribution in [-0.4, -0.2) is 46.4 Å². The summed E-state index contributed by atoms with van der Waals surface area (Å²) < 4.78 is 51.6. The van der Waals surface area contributed by atoms with Crippen molar-refractivity contribution in [2.45, 2.75) is 43.4 Å². The van der Waals surface area contributed by atoms with Gasteiger partial charge < -0.3 is 14.4 Å². The molecule has 0 saturated carbocycles. The van der Waals surface area contributed by atoms with Gasteiger partial charge in [-0.25, -0.2) is 0 Å². The molecular formula is C31H33Cl2F3N2O3. The van der Waals surface area contributed by atoms with Crippen LogP contribution in [0.4, 0.5) is 13.2 Å². The van der Waals surface area contributed by atoms with Crippen molar-refractivity contribution in [1.29, 1.82) is 0 Å². The number of alkyl halides is 4. The number of carboxylic acid groups (broad SMARTS) is 1. The molecule has 0 radical (unpaired) electrons. The Kier molecular flexibility index (Phi) is 11.1. The van der Waals surface area contributed by atoms with Crippen LogP contribution < -0.4 is 4.74 Å². The minimum Gasteiger partial charge on any atom is -0.493 e. The van der Waals surface area contributed by atoms with Gasteiger partial charge in [0.05, 0.1) is 12.1 Å². The highest BCUT2D eigenvalue weighted by molar-refractivity contribution is 6.24. The minimum atomic E-state index is -4.72. The number of ether oxygens (including phenoxy) is 1. The van der Waals surface area contributed by atoms with E-state index >= 15 is 0 Å². The lowest BCUT2D eigenvalue weighted by molar-refractivity contribution is -0.206. The van der Waals surface area contributed by atoms with Crippen molar-refractivity contribution >= 4 is 40.9 Å². The summed E-state index contributed by atoms with van der Waals surface area (Å²) in [5.41, 5.74) is 1.66. The number of aromatic nitrogens is 1. The van der Waals surface area contributed by atoms with E-state index in [9.17, 15) is 18.0 Å². The Hall–Kier alpha value is -3.20. The van der Waals surface area contributed by atoms with Crippen molar-refractivity contribution < 1.29 is 27.8 Å². The van der Waals surface area contributed by atoms with E-state index in [1.165, 1.54) is 17.0 Å². The van der Waals surface area contributed by atoms with Crippen molar-refractivity contribution in [2.75, 3.05) is 19.7 Å². The van der Waals surface area contributed by atoms with Gasteiger partial charge in [-0.15, -0.1) is 12.4 Å². The average Bonchev–Trinajstić information content (AvgIpc) is 3.34. The predicted molar refractivity (Wildman–Crippen MR) is 158 cm³/mol. The average molecular weight is 610 g/mol. The summed E-state index contributed by atoms with van der Waals surface area (Å²) in [5, 5.41) is 9.90. The molecule has 0 fully saturated rings. The summed E-state index contributed by atoms with van der Waals surface area (Å²) >= 11 is 6.58. The smallest absolute Gasteiger partial charge is 0.425 e. The van der Waals surface area contributed by atoms with Crippen molar-refractivity contribution in [3.63, 3.8) is 0 Å². The summed E-state index contributed by atoms with van der Waals surface area (Å²) in [5.74, 6) is -0.531. The number of unbranched alkanes of at least 4 members (excludes halogenated alkanes) is 1. The van der Waals surface area contributed by atoms with Crippen molar-refractivity contribution in [2.24, 2.45) is 0 Å². The number of aliphatic carboxylic acids is 1. The lowest BCUT2D eigenvalue weighted by atomic mass is 9.97. The van der Waals surface area contributed by atoms with E-state index in [0.29, 0.717) is 18.6 Å². The Bertz CT molecular complexity index is 1400. The molecule has 0 bridgehead atoms. The van der Waals surface area contributed by atoms with Crippen molar-refractivity contribution in [3.05, 3.63) is 102 Å². The normalized spacial score (nSPS) is 13.9. The van der Waals surface area contributed by atoms with Crippen LogP contribution in [0, 0.1) is 0 Å². The molecule has 0 aliphatic heterocycles. The molecule has 0 aliphatic rings. The Balaban J connectivity index is 0.00000462. The zero-order valence-corrected chi connectivity index (χ0v) is 24.1. The van der Waals surface area contributed by atoms with E-state index in [1.807, 2.05) is 43.3 Å². The lowest BCUT2D eigenvalue weighted by Gasteiger charge is -2.42. The number of hydrogen-bond donors (Lipinski definition) is 1. The van der Waals surface area contributed by atoms with Gasteiger partial charge in [-0.05, 0) is 48.1 Å². The van der Waals surface area contributed by atoms with Gasteiger partial charge in [-0.2, -0.15) is 13.2 Å². The molecule has 41 heavy (non-hydrogen) atoms. The fraction of sp³-hybridized carbons (Fsp3) is 0.323. The van der Waals surface area contributed by atoms with Gasteiger partial charge in [0.1, 0.15) is 12.3 Å². The molecule has 2 atom stereocenters. The molecule has 5 nitrogen and oxygen atoms in total. The molecule has 0 saturated heterocycles. The molecule has 220 valence electrons. The summed E-state index contributed by atoms with van der Waals surface area (Å²) in [6.45, 7) is 2.25. The van der Waals surface area contributed by atoms with Gasteiger partial charge in [-0.3, -0.25) is 9.69 Å². The zero-order valence-electron chi connectivity index (χ0n) is 22.6. The van der Waals surface area contributed by atoms with Gasteiger partial charge in [0.25, 0.3) is 0 Å². The summed E-state index contributed by atoms with van der Waals surface area (Å²) in [7, 11) is 0. The van der Waals surface area contributed by atoms with Crippen LogP contribution in [0.1, 0.15) is 36.8 Å². The number of nitrogens with zero attached hydrogens (tertiary/aromatic N) is 2. The highest BCUT2D eigenvalue weighted by atomic mass is 35.5. The van der Waals surface area contributed by atoms with E-state index in [0.717, 1.165) is 16.5 Å². The molecule has 0 amide bonds. The van der Waals surface area contributed by atoms with E-state index in [2.05, 4.69) is 0 Å². The van der Waals surface area contributed by atoms with E-state index in [1.54, 1.807) is 47.2 Å². The maximum Gasteiger partial charge on any atom is 0.425 e. The predicted octanol–water partition coefficient (Wildman–Crippen LogP) is 8.07. The molecular weight excluding hydrogens is 576 g/mol. The Morgan fingerprint density at radius 2 is 1.63 bits per heavy atom. The van der Waals surface area contributed by atoms with Crippen LogP contribution in [0.25, 0.3) is 10.9 Å². The second-order valence-corrected chi connectivity index (χ2v) is 10.4. The van der Waals surface area contributed by atoms with Crippen LogP contribution >= 0.6 is 24.0 Å². The van der Waals surface area contributed by atoms with E-state index < -0.39 is 17.1 Å². The second kappa shape index (κ2) is 14.1. The fourth-order valence-electron chi connectivity index (χ4n) is 4.96. The number of carboxylic acids is 1. The molecule has 1 unspecified atom stereocenters. The molecule has 4 aromatic rings. The third kappa shape index (κ3) is 7.56. The molecule has 4 rings (SSSR count). The third-order valence-corrected chi connectivity index (χ3v) is 7.66. The van der Waals surface area contributed by atoms with Crippen molar-refractivity contribution in [1.82, 2.24) is 9.47 Å². The van der Waals surface area contributed by atoms with E-state index in [-0.39, 0.29) is 50.1 Å². The standard InChI is InChI=1S/C31H32ClF3N2O3.ClH/c1-23(24-11-4-2-5-12-24)21-37(30(32,31(33,34)35)25-13-6-3-7-14-25)18-8-9-20-40-28-16-10-15-27-26(28)17-19-36(27)22-29(38)39;/h2-7,10-17,19,23H,8-9,18,20-22H2,1H3,(H,38,39);1H/t23?,30-;/m1./s1. The van der Waals surface area contributed by atoms with Crippen molar-refractivity contribution in [3.8, 4) is 5.75 Å². The van der Waals surface area contributed by atoms with Crippen LogP contribution in [0.5, 0.6) is 5.75 Å². The number of fused-ring (bicyclic) bond motifs is 1. The molecule has 1 aromatic heterocycles. The first-order valence-corrected chi connectivity index (χ1v) is 13.5. The quantitative estimate of drug-likeness (QED) is 0.0947. The SMILES string of the molecule is CC(CN(CCCCOc1cccc2c1ccn2CC(=O)O)[C@](Cl)(c1ccccc1)C(F)(F)F)c1ccccc1.Cl. The van der Waals surface area contributed by atoms with Crippen LogP contribution in [-0.2, 0) is 16.3 Å². The van der Waals surface area contributed by atoms with Crippen LogP contribution in [0.2, 0.25) is 0 Å². The highest BCUT2D eigenvalue weighted by Crippen LogP contribution is 2.48. The summed E-state index contributed by atoms with van der Waals surface area (Å²) in [4.78, 5) is 9.77. The third-order valence-electron chi connectivity index (χ3n) is 6.99. The maximum absolute atomic E-state index is 14.7. The molecule has 10 heteroatoms. The van der Waals surface area contributed by atoms with Gasteiger partial charge >= 0.3 is 12.1 Å². The summed E-state index contributed by atoms with van der Waals surface area (Å²) in [6, 6.07) is 24.3. The molecule has 0 aliphatic carbocycles. The molecule has 1 heterocycles. The monoisotopic (exact) mass is 608 g/mol. The topological polar surface area (TPSA) is 54.7 Å². The van der Waals surface area contributed by atoms with Gasteiger partial charge in [-0.1, -0.05) is 85.3 Å². The van der Waals surface area contributed by atoms with E-state index in [4.69, 9.17) is 21.4 Å².